The number of carbonyl (C=O) groups excluding carboxylic acids is 1. The highest BCUT2D eigenvalue weighted by Crippen LogP contribution is 2.36. The maximum Gasteiger partial charge on any atom is 0.303 e. The monoisotopic (exact) mass is 504 g/mol. The summed E-state index contributed by atoms with van der Waals surface area (Å²) in [6, 6.07) is 2.05. The van der Waals surface area contributed by atoms with Crippen LogP contribution in [0.15, 0.2) is 9.70 Å². The molecule has 0 spiro atoms. The van der Waals surface area contributed by atoms with Gasteiger partial charge in [-0.2, -0.15) is 5.26 Å². The lowest BCUT2D eigenvalue weighted by molar-refractivity contribution is -0.137. The van der Waals surface area contributed by atoms with Crippen molar-refractivity contribution in [1.82, 2.24) is 9.47 Å². The van der Waals surface area contributed by atoms with Crippen molar-refractivity contribution in [2.24, 2.45) is 0 Å². The Kier molecular flexibility index (Phi) is 8.88. The van der Waals surface area contributed by atoms with E-state index in [1.54, 1.807) is 17.6 Å². The Hall–Kier alpha value is -2.68. The zero-order chi connectivity index (χ0) is 24.8. The number of nitriles is 1. The summed E-state index contributed by atoms with van der Waals surface area (Å²) >= 11 is 6.53. The lowest BCUT2D eigenvalue weighted by Gasteiger charge is -2.33. The van der Waals surface area contributed by atoms with Crippen LogP contribution in [-0.2, 0) is 20.9 Å². The zero-order valence-corrected chi connectivity index (χ0v) is 21.0. The number of ether oxygens (including phenoxy) is 1. The second-order valence-electron chi connectivity index (χ2n) is 8.09. The van der Waals surface area contributed by atoms with E-state index in [4.69, 9.17) is 22.1 Å². The summed E-state index contributed by atoms with van der Waals surface area (Å²) in [6.07, 6.45) is 3.63. The molecule has 9 nitrogen and oxygen atoms in total. The molecule has 1 aromatic heterocycles. The minimum Gasteiger partial charge on any atom is -0.481 e. The quantitative estimate of drug-likeness (QED) is 0.400. The van der Waals surface area contributed by atoms with Crippen molar-refractivity contribution in [3.63, 3.8) is 0 Å². The third kappa shape index (κ3) is 5.51. The predicted octanol–water partition coefficient (Wildman–Crippen LogP) is 2.73. The second-order valence-corrected chi connectivity index (χ2v) is 9.77. The number of rotatable bonds is 9. The molecule has 0 saturated carbocycles. The average molecular weight is 505 g/mol. The molecular formula is C23H28N4O5S2. The molecule has 34 heavy (non-hydrogen) atoms. The van der Waals surface area contributed by atoms with Gasteiger partial charge in [-0.05, 0) is 31.4 Å². The molecular weight excluding hydrogens is 476 g/mol. The van der Waals surface area contributed by atoms with Crippen LogP contribution in [0.25, 0.3) is 6.08 Å². The summed E-state index contributed by atoms with van der Waals surface area (Å²) in [5.74, 6) is -0.531. The van der Waals surface area contributed by atoms with Gasteiger partial charge in [0.25, 0.3) is 11.5 Å². The van der Waals surface area contributed by atoms with Crippen molar-refractivity contribution in [3.8, 4) is 6.07 Å². The summed E-state index contributed by atoms with van der Waals surface area (Å²) in [5.41, 5.74) is 0.919. The topological polar surface area (TPSA) is 116 Å². The van der Waals surface area contributed by atoms with E-state index in [1.165, 1.54) is 4.90 Å². The smallest absolute Gasteiger partial charge is 0.303 e. The highest BCUT2D eigenvalue weighted by Gasteiger charge is 2.33. The van der Waals surface area contributed by atoms with Gasteiger partial charge in [0.15, 0.2) is 0 Å². The van der Waals surface area contributed by atoms with Gasteiger partial charge in [0.2, 0.25) is 0 Å². The van der Waals surface area contributed by atoms with Gasteiger partial charge in [0.1, 0.15) is 21.8 Å². The highest BCUT2D eigenvalue weighted by atomic mass is 32.2. The minimum atomic E-state index is -0.926. The highest BCUT2D eigenvalue weighted by molar-refractivity contribution is 8.26. The number of pyridine rings is 1. The number of nitrogens with zero attached hydrogens (tertiary/aromatic N) is 4. The molecule has 3 heterocycles. The lowest BCUT2D eigenvalue weighted by atomic mass is 10.0. The molecule has 0 aromatic carbocycles. The molecule has 2 fully saturated rings. The maximum atomic E-state index is 13.2. The van der Waals surface area contributed by atoms with Gasteiger partial charge in [0.05, 0.1) is 18.1 Å². The van der Waals surface area contributed by atoms with Crippen LogP contribution >= 0.6 is 24.0 Å². The van der Waals surface area contributed by atoms with Crippen molar-refractivity contribution in [3.05, 3.63) is 31.9 Å². The molecule has 2 aliphatic rings. The number of thioether (sulfide) groups is 1. The Balaban J connectivity index is 2.11. The van der Waals surface area contributed by atoms with Crippen molar-refractivity contribution in [1.29, 1.82) is 5.26 Å². The fraction of sp³-hybridized carbons (Fsp3) is 0.522. The molecule has 0 bridgehead atoms. The Labute approximate surface area is 208 Å². The Morgan fingerprint density at radius 3 is 2.59 bits per heavy atom. The van der Waals surface area contributed by atoms with E-state index in [0.29, 0.717) is 65.4 Å². The average Bonchev–Trinajstić information content (AvgIpc) is 3.08. The maximum absolute atomic E-state index is 13.2. The van der Waals surface area contributed by atoms with E-state index < -0.39 is 5.97 Å². The molecule has 3 rings (SSSR count). The molecule has 0 unspecified atom stereocenters. The normalized spacial score (nSPS) is 17.5. The summed E-state index contributed by atoms with van der Waals surface area (Å²) in [4.78, 5) is 41.1. The molecule has 182 valence electrons. The van der Waals surface area contributed by atoms with E-state index >= 15 is 0 Å². The van der Waals surface area contributed by atoms with Gasteiger partial charge < -0.3 is 14.7 Å². The van der Waals surface area contributed by atoms with Crippen LogP contribution in [-0.4, -0.2) is 63.6 Å². The van der Waals surface area contributed by atoms with Crippen LogP contribution in [0.1, 0.15) is 49.3 Å². The summed E-state index contributed by atoms with van der Waals surface area (Å²) in [7, 11) is 0. The number of carbonyl (C=O) groups is 2. The number of hydrogen-bond acceptors (Lipinski definition) is 8. The Morgan fingerprint density at radius 1 is 1.26 bits per heavy atom. The number of amides is 1. The van der Waals surface area contributed by atoms with Crippen LogP contribution in [0.4, 0.5) is 5.82 Å². The Morgan fingerprint density at radius 2 is 1.97 bits per heavy atom. The molecule has 11 heteroatoms. The molecule has 1 amide bonds. The SMILES string of the molecule is CCCCn1c(N2CCOCC2)c(/C=C2/SC(=S)N(CCCC(=O)O)C2=O)c(C)c(C#N)c1=O. The van der Waals surface area contributed by atoms with E-state index in [1.807, 2.05) is 6.92 Å². The fourth-order valence-electron chi connectivity index (χ4n) is 4.00. The number of aromatic nitrogens is 1. The van der Waals surface area contributed by atoms with Crippen molar-refractivity contribution in [2.75, 3.05) is 37.7 Å². The number of carboxylic acid groups (broad SMARTS) is 1. The van der Waals surface area contributed by atoms with Crippen LogP contribution in [0.5, 0.6) is 0 Å². The number of unbranched alkanes of at least 4 members (excludes halogenated alkanes) is 1. The number of anilines is 1. The third-order valence-electron chi connectivity index (χ3n) is 5.81. The standard InChI is InChI=1S/C23H28N4O5S2/c1-3-4-7-26-20(25-9-11-32-12-10-25)16(15(2)17(14-24)21(26)30)13-18-22(31)27(23(33)34-18)8-5-6-19(28)29/h13H,3-12H2,1-2H3,(H,28,29)/b18-13+. The molecule has 1 N–H and O–H groups in total. The van der Waals surface area contributed by atoms with Gasteiger partial charge in [0, 0.05) is 38.2 Å². The summed E-state index contributed by atoms with van der Waals surface area (Å²) in [5, 5.41) is 18.6. The summed E-state index contributed by atoms with van der Waals surface area (Å²) < 4.78 is 7.52. The third-order valence-corrected chi connectivity index (χ3v) is 7.19. The van der Waals surface area contributed by atoms with Crippen LogP contribution in [0, 0.1) is 18.3 Å². The van der Waals surface area contributed by atoms with Crippen LogP contribution < -0.4 is 10.5 Å². The first-order chi connectivity index (χ1) is 16.3. The van der Waals surface area contributed by atoms with Gasteiger partial charge in [-0.25, -0.2) is 0 Å². The van der Waals surface area contributed by atoms with Crippen LogP contribution in [0.2, 0.25) is 0 Å². The number of hydrogen-bond donors (Lipinski definition) is 1. The first-order valence-electron chi connectivity index (χ1n) is 11.3. The van der Waals surface area contributed by atoms with E-state index in [-0.39, 0.29) is 30.0 Å². The fourth-order valence-corrected chi connectivity index (χ4v) is 5.29. The van der Waals surface area contributed by atoms with Crippen molar-refractivity contribution < 1.29 is 19.4 Å². The van der Waals surface area contributed by atoms with Gasteiger partial charge >= 0.3 is 5.97 Å². The van der Waals surface area contributed by atoms with Gasteiger partial charge in [-0.3, -0.25) is 23.9 Å². The van der Waals surface area contributed by atoms with E-state index in [9.17, 15) is 19.6 Å². The molecule has 2 saturated heterocycles. The van der Waals surface area contributed by atoms with Gasteiger partial charge in [-0.1, -0.05) is 37.3 Å². The molecule has 1 aromatic rings. The number of thiocarbonyl (C=S) groups is 1. The second kappa shape index (κ2) is 11.6. The van der Waals surface area contributed by atoms with E-state index in [2.05, 4.69) is 11.0 Å². The Bertz CT molecular complexity index is 1120. The zero-order valence-electron chi connectivity index (χ0n) is 19.3. The predicted molar refractivity (Wildman–Crippen MR) is 135 cm³/mol. The first kappa shape index (κ1) is 25.9. The van der Waals surface area contributed by atoms with Gasteiger partial charge in [-0.15, -0.1) is 0 Å². The molecule has 0 aliphatic carbocycles. The van der Waals surface area contributed by atoms with E-state index in [0.717, 1.165) is 24.6 Å². The lowest BCUT2D eigenvalue weighted by Crippen LogP contribution is -2.41. The minimum absolute atomic E-state index is 0.0513. The number of aliphatic carboxylic acids is 1. The van der Waals surface area contributed by atoms with Crippen molar-refractivity contribution in [2.45, 2.75) is 46.1 Å². The molecule has 0 radical (unpaired) electrons. The van der Waals surface area contributed by atoms with Crippen LogP contribution in [0.3, 0.4) is 0 Å². The largest absolute Gasteiger partial charge is 0.481 e. The number of carboxylic acids is 1. The first-order valence-corrected chi connectivity index (χ1v) is 12.5. The summed E-state index contributed by atoms with van der Waals surface area (Å²) in [6.45, 7) is 6.68. The van der Waals surface area contributed by atoms with Crippen molar-refractivity contribution >= 4 is 52.1 Å². The molecule has 0 atom stereocenters. The number of morpholine rings is 1. The molecule has 2 aliphatic heterocycles.